The van der Waals surface area contributed by atoms with Crippen molar-refractivity contribution in [2.45, 2.75) is 19.8 Å². The van der Waals surface area contributed by atoms with Gasteiger partial charge in [-0.05, 0) is 47.6 Å². The van der Waals surface area contributed by atoms with Crippen LogP contribution >= 0.6 is 11.5 Å². The maximum Gasteiger partial charge on any atom is 0.409 e. The third kappa shape index (κ3) is 3.98. The summed E-state index contributed by atoms with van der Waals surface area (Å²) in [5.41, 5.74) is 4.75. The predicted octanol–water partition coefficient (Wildman–Crippen LogP) is 5.06. The number of amides is 1. The number of anilines is 1. The van der Waals surface area contributed by atoms with Crippen molar-refractivity contribution < 1.29 is 19.8 Å². The Hall–Kier alpha value is -3.19. The van der Waals surface area contributed by atoms with Crippen LogP contribution in [0.2, 0.25) is 0 Å². The molecule has 3 aromatic rings. The molecule has 0 aliphatic heterocycles. The van der Waals surface area contributed by atoms with Crippen LogP contribution in [0.3, 0.4) is 0 Å². The van der Waals surface area contributed by atoms with Crippen LogP contribution in [0.4, 0.5) is 10.5 Å². The van der Waals surface area contributed by atoms with E-state index in [1.165, 1.54) is 11.5 Å². The maximum atomic E-state index is 11.1. The number of nitrogens with zero attached hydrogens (tertiary/aromatic N) is 1. The lowest BCUT2D eigenvalue weighted by Gasteiger charge is -2.09. The average molecular weight is 382 g/mol. The van der Waals surface area contributed by atoms with Gasteiger partial charge in [-0.25, -0.2) is 4.79 Å². The minimum absolute atomic E-state index is 0.507. The fourth-order valence-electron chi connectivity index (χ4n) is 2.74. The summed E-state index contributed by atoms with van der Waals surface area (Å²) in [4.78, 5) is 22.8. The molecule has 7 heteroatoms. The van der Waals surface area contributed by atoms with E-state index in [9.17, 15) is 9.59 Å². The number of rotatable bonds is 5. The summed E-state index contributed by atoms with van der Waals surface area (Å²) in [5, 5.41) is 20.5. The van der Waals surface area contributed by atoms with Gasteiger partial charge in [0, 0.05) is 0 Å². The topological polar surface area (TPSA) is 99.5 Å². The summed E-state index contributed by atoms with van der Waals surface area (Å²) in [7, 11) is 0. The average Bonchev–Trinajstić information content (AvgIpc) is 3.01. The summed E-state index contributed by atoms with van der Waals surface area (Å²) < 4.78 is 4.23. The molecule has 3 rings (SSSR count). The highest BCUT2D eigenvalue weighted by atomic mass is 32.1. The molecule has 27 heavy (non-hydrogen) atoms. The van der Waals surface area contributed by atoms with E-state index in [0.717, 1.165) is 27.1 Å². The first-order valence-electron chi connectivity index (χ1n) is 8.26. The van der Waals surface area contributed by atoms with Crippen molar-refractivity contribution >= 4 is 29.3 Å². The van der Waals surface area contributed by atoms with Crippen molar-refractivity contribution in [1.82, 2.24) is 4.37 Å². The maximum absolute atomic E-state index is 11.1. The van der Waals surface area contributed by atoms with E-state index in [1.807, 2.05) is 48.5 Å². The number of aryl methyl sites for hydroxylation is 1. The molecule has 6 nitrogen and oxygen atoms in total. The van der Waals surface area contributed by atoms with Gasteiger partial charge in [0.2, 0.25) is 0 Å². The molecular weight excluding hydrogens is 364 g/mol. The van der Waals surface area contributed by atoms with Gasteiger partial charge in [-0.15, -0.1) is 0 Å². The zero-order valence-electron chi connectivity index (χ0n) is 14.8. The number of aromatic nitrogens is 1. The molecule has 0 fully saturated rings. The molecule has 0 unspecified atom stereocenters. The Labute approximate surface area is 160 Å². The number of carbonyl (C=O) groups is 2. The molecule has 0 bridgehead atoms. The highest BCUT2D eigenvalue weighted by molar-refractivity contribution is 7.10. The fourth-order valence-corrected chi connectivity index (χ4v) is 3.59. The van der Waals surface area contributed by atoms with Crippen LogP contribution in [0.25, 0.3) is 21.6 Å². The first kappa shape index (κ1) is 18.6. The van der Waals surface area contributed by atoms with Gasteiger partial charge in [0.1, 0.15) is 0 Å². The highest BCUT2D eigenvalue weighted by Crippen LogP contribution is 2.35. The van der Waals surface area contributed by atoms with Gasteiger partial charge >= 0.3 is 12.1 Å². The smallest absolute Gasteiger partial charge is 0.409 e. The normalized spacial score (nSPS) is 11.8. The van der Waals surface area contributed by atoms with E-state index in [2.05, 4.69) is 9.69 Å². The number of hydrogen-bond acceptors (Lipinski definition) is 4. The number of nitrogens with one attached hydrogen (secondary N) is 1. The Kier molecular flexibility index (Phi) is 5.23. The number of benzene rings is 2. The molecule has 1 amide bonds. The van der Waals surface area contributed by atoms with Crippen molar-refractivity contribution in [3.63, 3.8) is 0 Å². The minimum Gasteiger partial charge on any atom is -0.481 e. The van der Waals surface area contributed by atoms with Crippen molar-refractivity contribution in [3.8, 4) is 21.6 Å². The predicted molar refractivity (Wildman–Crippen MR) is 105 cm³/mol. The summed E-state index contributed by atoms with van der Waals surface area (Å²) in [6.07, 6.45) is -1.12. The quantitative estimate of drug-likeness (QED) is 0.572. The van der Waals surface area contributed by atoms with Gasteiger partial charge in [0.15, 0.2) is 0 Å². The molecule has 1 heterocycles. The summed E-state index contributed by atoms with van der Waals surface area (Å²) in [6, 6.07) is 15.2. The van der Waals surface area contributed by atoms with Gasteiger partial charge in [-0.1, -0.05) is 48.5 Å². The second-order valence-electron chi connectivity index (χ2n) is 6.16. The molecule has 1 aromatic heterocycles. The molecule has 0 spiro atoms. The monoisotopic (exact) mass is 382 g/mol. The first-order valence-corrected chi connectivity index (χ1v) is 9.04. The van der Waals surface area contributed by atoms with Crippen molar-refractivity contribution in [2.75, 3.05) is 5.32 Å². The number of hydrogen-bond donors (Lipinski definition) is 3. The molecule has 3 N–H and O–H groups in total. The van der Waals surface area contributed by atoms with E-state index in [0.29, 0.717) is 11.4 Å². The Balaban J connectivity index is 1.86. The van der Waals surface area contributed by atoms with Gasteiger partial charge < -0.3 is 10.2 Å². The minimum atomic E-state index is -1.12. The van der Waals surface area contributed by atoms with Crippen molar-refractivity contribution in [1.29, 1.82) is 0 Å². The van der Waals surface area contributed by atoms with Gasteiger partial charge in [0.05, 0.1) is 22.2 Å². The lowest BCUT2D eigenvalue weighted by Crippen LogP contribution is -2.08. The Morgan fingerprint density at radius 3 is 2.00 bits per heavy atom. The zero-order chi connectivity index (χ0) is 19.6. The van der Waals surface area contributed by atoms with Crippen LogP contribution in [-0.2, 0) is 4.79 Å². The number of aliphatic carboxylic acids is 1. The molecular formula is C20H18N2O4S. The number of carboxylic acids is 1. The van der Waals surface area contributed by atoms with Gasteiger partial charge in [-0.3, -0.25) is 10.1 Å². The molecule has 0 radical (unpaired) electrons. The molecule has 138 valence electrons. The molecule has 0 saturated heterocycles. The Bertz CT molecular complexity index is 978. The van der Waals surface area contributed by atoms with Crippen molar-refractivity contribution in [2.24, 2.45) is 0 Å². The first-order chi connectivity index (χ1) is 12.9. The molecule has 1 atom stereocenters. The van der Waals surface area contributed by atoms with Gasteiger partial charge in [0.25, 0.3) is 0 Å². The van der Waals surface area contributed by atoms with Crippen LogP contribution in [0.1, 0.15) is 24.1 Å². The van der Waals surface area contributed by atoms with Crippen LogP contribution in [0.5, 0.6) is 0 Å². The van der Waals surface area contributed by atoms with Crippen molar-refractivity contribution in [3.05, 3.63) is 59.8 Å². The summed E-state index contributed by atoms with van der Waals surface area (Å²) in [5.74, 6) is -1.39. The third-order valence-corrected chi connectivity index (χ3v) is 5.34. The van der Waals surface area contributed by atoms with E-state index in [1.54, 1.807) is 13.8 Å². The van der Waals surface area contributed by atoms with Gasteiger partial charge in [-0.2, -0.15) is 4.37 Å². The fraction of sp³-hybridized carbons (Fsp3) is 0.150. The lowest BCUT2D eigenvalue weighted by molar-refractivity contribution is -0.138. The van der Waals surface area contributed by atoms with Crippen LogP contribution < -0.4 is 5.32 Å². The third-order valence-electron chi connectivity index (χ3n) is 4.36. The zero-order valence-corrected chi connectivity index (χ0v) is 15.6. The molecule has 2 aromatic carbocycles. The lowest BCUT2D eigenvalue weighted by atomic mass is 9.97. The summed E-state index contributed by atoms with van der Waals surface area (Å²) >= 11 is 1.25. The second-order valence-corrected chi connectivity index (χ2v) is 6.93. The molecule has 0 saturated carbocycles. The standard InChI is InChI=1S/C20H18N2O4S/c1-11(19(23)24)13-3-5-14(6-4-13)15-7-9-16(10-8-15)18-17(21-20(25)26)12(2)22-27-18/h3-11,21H,1-2H3,(H,23,24)(H,25,26)/t11-/m1/s1. The Morgan fingerprint density at radius 1 is 0.963 bits per heavy atom. The van der Waals surface area contributed by atoms with Crippen LogP contribution in [0, 0.1) is 6.92 Å². The second kappa shape index (κ2) is 7.59. The summed E-state index contributed by atoms with van der Waals surface area (Å²) in [6.45, 7) is 3.42. The SMILES string of the molecule is Cc1nsc(-c2ccc(-c3ccc([C@@H](C)C(=O)O)cc3)cc2)c1NC(=O)O. The van der Waals surface area contributed by atoms with Crippen LogP contribution in [-0.4, -0.2) is 26.6 Å². The van der Waals surface area contributed by atoms with E-state index in [-0.39, 0.29) is 0 Å². The Morgan fingerprint density at radius 2 is 1.48 bits per heavy atom. The molecule has 0 aliphatic rings. The van der Waals surface area contributed by atoms with Crippen LogP contribution in [0.15, 0.2) is 48.5 Å². The highest BCUT2D eigenvalue weighted by Gasteiger charge is 2.15. The van der Waals surface area contributed by atoms with E-state index >= 15 is 0 Å². The van der Waals surface area contributed by atoms with E-state index in [4.69, 9.17) is 10.2 Å². The van der Waals surface area contributed by atoms with E-state index < -0.39 is 18.0 Å². The molecule has 0 aliphatic carbocycles. The number of carboxylic acid groups (broad SMARTS) is 2. The largest absolute Gasteiger partial charge is 0.481 e.